The molecule has 0 aliphatic carbocycles. The van der Waals surface area contributed by atoms with Crippen LogP contribution in [0.15, 0.2) is 67.0 Å². The van der Waals surface area contributed by atoms with Crippen molar-refractivity contribution in [2.24, 2.45) is 0 Å². The van der Waals surface area contributed by atoms with Gasteiger partial charge in [-0.05, 0) is 18.1 Å². The Balaban J connectivity index is 1.43. The summed E-state index contributed by atoms with van der Waals surface area (Å²) in [6, 6.07) is 19.0. The molecule has 1 saturated heterocycles. The van der Waals surface area contributed by atoms with E-state index >= 15 is 0 Å². The van der Waals surface area contributed by atoms with E-state index in [0.717, 1.165) is 31.9 Å². The lowest BCUT2D eigenvalue weighted by molar-refractivity contribution is -0.0416. The number of hydrogen-bond acceptors (Lipinski definition) is 3. The van der Waals surface area contributed by atoms with Gasteiger partial charge in [0.15, 0.2) is 0 Å². The van der Waals surface area contributed by atoms with Crippen molar-refractivity contribution in [1.82, 2.24) is 14.7 Å². The van der Waals surface area contributed by atoms with E-state index in [-0.39, 0.29) is 6.10 Å². The fourth-order valence-corrected chi connectivity index (χ4v) is 3.24. The second kappa shape index (κ2) is 7.21. The second-order valence-corrected chi connectivity index (χ2v) is 6.62. The summed E-state index contributed by atoms with van der Waals surface area (Å²) in [5.41, 5.74) is 4.89. The van der Waals surface area contributed by atoms with Crippen molar-refractivity contribution in [3.63, 3.8) is 0 Å². The third kappa shape index (κ3) is 3.81. The Bertz CT molecular complexity index is 811. The molecule has 2 aromatic carbocycles. The van der Waals surface area contributed by atoms with Gasteiger partial charge < -0.3 is 4.74 Å². The van der Waals surface area contributed by atoms with Crippen LogP contribution in [0.2, 0.25) is 0 Å². The minimum atomic E-state index is 0.141. The summed E-state index contributed by atoms with van der Waals surface area (Å²) < 4.78 is 7.96. The highest BCUT2D eigenvalue weighted by Crippen LogP contribution is 2.23. The first kappa shape index (κ1) is 16.1. The SMILES string of the molecule is Cc1ccc(-c2cnn(CN3CCOC(c4ccccc4)C3)c2)cc1. The first-order valence-corrected chi connectivity index (χ1v) is 8.76. The van der Waals surface area contributed by atoms with E-state index in [1.165, 1.54) is 16.7 Å². The van der Waals surface area contributed by atoms with Gasteiger partial charge in [0, 0.05) is 24.8 Å². The number of ether oxygens (including phenoxy) is 1. The topological polar surface area (TPSA) is 30.3 Å². The molecule has 1 aliphatic rings. The highest BCUT2D eigenvalue weighted by molar-refractivity contribution is 5.61. The molecule has 1 aromatic heterocycles. The number of morpholine rings is 1. The van der Waals surface area contributed by atoms with Crippen LogP contribution in [0, 0.1) is 6.92 Å². The summed E-state index contributed by atoms with van der Waals surface area (Å²) in [7, 11) is 0. The number of aromatic nitrogens is 2. The van der Waals surface area contributed by atoms with Crippen LogP contribution in [0.5, 0.6) is 0 Å². The van der Waals surface area contributed by atoms with Crippen molar-refractivity contribution in [1.29, 1.82) is 0 Å². The smallest absolute Gasteiger partial charge is 0.0953 e. The Morgan fingerprint density at radius 1 is 1.04 bits per heavy atom. The largest absolute Gasteiger partial charge is 0.371 e. The van der Waals surface area contributed by atoms with Crippen LogP contribution in [0.25, 0.3) is 11.1 Å². The fraction of sp³-hybridized carbons (Fsp3) is 0.286. The van der Waals surface area contributed by atoms with Crippen molar-refractivity contribution >= 4 is 0 Å². The van der Waals surface area contributed by atoms with Gasteiger partial charge in [-0.15, -0.1) is 0 Å². The molecule has 1 fully saturated rings. The summed E-state index contributed by atoms with van der Waals surface area (Å²) in [4.78, 5) is 2.40. The molecule has 4 heteroatoms. The zero-order valence-corrected chi connectivity index (χ0v) is 14.5. The number of rotatable bonds is 4. The van der Waals surface area contributed by atoms with Gasteiger partial charge in [-0.3, -0.25) is 9.58 Å². The van der Waals surface area contributed by atoms with Gasteiger partial charge in [-0.25, -0.2) is 0 Å². The molecule has 0 N–H and O–H groups in total. The maximum absolute atomic E-state index is 5.95. The summed E-state index contributed by atoms with van der Waals surface area (Å²) >= 11 is 0. The van der Waals surface area contributed by atoms with E-state index in [1.807, 2.05) is 16.9 Å². The standard InChI is InChI=1S/C21H23N3O/c1-17-7-9-18(10-8-17)20-13-22-24(14-20)16-23-11-12-25-21(15-23)19-5-3-2-4-6-19/h2-10,13-14,21H,11-12,15-16H2,1H3. The highest BCUT2D eigenvalue weighted by atomic mass is 16.5. The zero-order valence-electron chi connectivity index (χ0n) is 14.5. The number of hydrogen-bond donors (Lipinski definition) is 0. The van der Waals surface area contributed by atoms with Crippen LogP contribution in [-0.4, -0.2) is 34.4 Å². The molecule has 1 unspecified atom stereocenters. The van der Waals surface area contributed by atoms with Gasteiger partial charge >= 0.3 is 0 Å². The molecule has 1 aliphatic heterocycles. The van der Waals surface area contributed by atoms with Crippen LogP contribution in [0.1, 0.15) is 17.2 Å². The highest BCUT2D eigenvalue weighted by Gasteiger charge is 2.22. The lowest BCUT2D eigenvalue weighted by Gasteiger charge is -2.32. The molecule has 2 heterocycles. The molecular formula is C21H23N3O. The quantitative estimate of drug-likeness (QED) is 0.726. The van der Waals surface area contributed by atoms with E-state index in [1.54, 1.807) is 0 Å². The number of benzene rings is 2. The van der Waals surface area contributed by atoms with Crippen molar-refractivity contribution < 1.29 is 4.74 Å². The monoisotopic (exact) mass is 333 g/mol. The molecule has 0 radical (unpaired) electrons. The molecule has 0 saturated carbocycles. The molecule has 0 bridgehead atoms. The summed E-state index contributed by atoms with van der Waals surface area (Å²) in [5.74, 6) is 0. The van der Waals surface area contributed by atoms with Crippen LogP contribution in [-0.2, 0) is 11.4 Å². The predicted molar refractivity (Wildman–Crippen MR) is 99.1 cm³/mol. The van der Waals surface area contributed by atoms with Gasteiger partial charge in [-0.1, -0.05) is 60.2 Å². The Kier molecular flexibility index (Phi) is 4.63. The van der Waals surface area contributed by atoms with Crippen LogP contribution >= 0.6 is 0 Å². The minimum Gasteiger partial charge on any atom is -0.371 e. The lowest BCUT2D eigenvalue weighted by atomic mass is 10.1. The van der Waals surface area contributed by atoms with E-state index in [0.29, 0.717) is 0 Å². The van der Waals surface area contributed by atoms with Gasteiger partial charge in [0.2, 0.25) is 0 Å². The third-order valence-corrected chi connectivity index (χ3v) is 4.68. The van der Waals surface area contributed by atoms with Gasteiger partial charge in [0.1, 0.15) is 0 Å². The maximum Gasteiger partial charge on any atom is 0.0953 e. The summed E-state index contributed by atoms with van der Waals surface area (Å²) in [5, 5.41) is 4.54. The Labute approximate surface area is 148 Å². The van der Waals surface area contributed by atoms with Gasteiger partial charge in [0.05, 0.1) is 25.6 Å². The molecule has 25 heavy (non-hydrogen) atoms. The van der Waals surface area contributed by atoms with E-state index in [9.17, 15) is 0 Å². The predicted octanol–water partition coefficient (Wildman–Crippen LogP) is 3.89. The first-order valence-electron chi connectivity index (χ1n) is 8.76. The Hall–Kier alpha value is -2.43. The molecule has 4 nitrogen and oxygen atoms in total. The van der Waals surface area contributed by atoms with Crippen molar-refractivity contribution in [2.75, 3.05) is 19.7 Å². The minimum absolute atomic E-state index is 0.141. The van der Waals surface area contributed by atoms with Gasteiger partial charge in [0.25, 0.3) is 0 Å². The molecule has 3 aromatic rings. The zero-order chi connectivity index (χ0) is 17.1. The number of nitrogens with zero attached hydrogens (tertiary/aromatic N) is 3. The van der Waals surface area contributed by atoms with E-state index in [2.05, 4.69) is 71.7 Å². The van der Waals surface area contributed by atoms with Crippen LogP contribution in [0.3, 0.4) is 0 Å². The average Bonchev–Trinajstić information content (AvgIpc) is 3.12. The molecule has 0 spiro atoms. The average molecular weight is 333 g/mol. The molecular weight excluding hydrogens is 310 g/mol. The summed E-state index contributed by atoms with van der Waals surface area (Å²) in [6.07, 6.45) is 4.21. The molecule has 4 rings (SSSR count). The lowest BCUT2D eigenvalue weighted by Crippen LogP contribution is -2.39. The Morgan fingerprint density at radius 3 is 2.64 bits per heavy atom. The maximum atomic E-state index is 5.95. The van der Waals surface area contributed by atoms with Crippen molar-refractivity contribution in [3.8, 4) is 11.1 Å². The molecule has 128 valence electrons. The number of aryl methyl sites for hydroxylation is 1. The van der Waals surface area contributed by atoms with Crippen LogP contribution in [0.4, 0.5) is 0 Å². The van der Waals surface area contributed by atoms with Crippen molar-refractivity contribution in [3.05, 3.63) is 78.1 Å². The summed E-state index contributed by atoms with van der Waals surface area (Å²) in [6.45, 7) is 5.48. The first-order chi connectivity index (χ1) is 12.3. The fourth-order valence-electron chi connectivity index (χ4n) is 3.24. The Morgan fingerprint density at radius 2 is 1.84 bits per heavy atom. The normalized spacial score (nSPS) is 18.4. The van der Waals surface area contributed by atoms with Crippen LogP contribution < -0.4 is 0 Å². The second-order valence-electron chi connectivity index (χ2n) is 6.62. The molecule has 1 atom stereocenters. The third-order valence-electron chi connectivity index (χ3n) is 4.68. The van der Waals surface area contributed by atoms with E-state index < -0.39 is 0 Å². The molecule has 0 amide bonds. The van der Waals surface area contributed by atoms with Gasteiger partial charge in [-0.2, -0.15) is 5.10 Å². The van der Waals surface area contributed by atoms with Crippen molar-refractivity contribution in [2.45, 2.75) is 19.7 Å². The van der Waals surface area contributed by atoms with E-state index in [4.69, 9.17) is 4.74 Å².